The van der Waals surface area contributed by atoms with Crippen molar-refractivity contribution in [2.45, 2.75) is 13.0 Å². The first-order chi connectivity index (χ1) is 6.26. The summed E-state index contributed by atoms with van der Waals surface area (Å²) >= 11 is 0. The molecule has 0 heterocycles. The predicted molar refractivity (Wildman–Crippen MR) is 49.6 cm³/mol. The van der Waals surface area contributed by atoms with Gasteiger partial charge in [0.1, 0.15) is 0 Å². The zero-order valence-corrected chi connectivity index (χ0v) is 7.23. The SMILES string of the molecule is N[CH]C(=O)Cc1ccc(CO)cc1. The molecule has 3 N–H and O–H groups in total. The van der Waals surface area contributed by atoms with Crippen molar-refractivity contribution in [3.8, 4) is 0 Å². The zero-order chi connectivity index (χ0) is 9.68. The minimum Gasteiger partial charge on any atom is -0.392 e. The zero-order valence-electron chi connectivity index (χ0n) is 7.23. The van der Waals surface area contributed by atoms with Crippen LogP contribution >= 0.6 is 0 Å². The van der Waals surface area contributed by atoms with E-state index in [2.05, 4.69) is 0 Å². The second kappa shape index (κ2) is 4.74. The van der Waals surface area contributed by atoms with Crippen LogP contribution in [0.25, 0.3) is 0 Å². The van der Waals surface area contributed by atoms with Gasteiger partial charge in [0.05, 0.1) is 13.2 Å². The third kappa shape index (κ3) is 2.97. The van der Waals surface area contributed by atoms with E-state index in [-0.39, 0.29) is 12.4 Å². The van der Waals surface area contributed by atoms with E-state index in [1.807, 2.05) is 12.1 Å². The molecule has 0 saturated carbocycles. The molecule has 0 bridgehead atoms. The van der Waals surface area contributed by atoms with Gasteiger partial charge in [-0.05, 0) is 11.1 Å². The minimum absolute atomic E-state index is 0.0250. The van der Waals surface area contributed by atoms with Gasteiger partial charge in [0.25, 0.3) is 0 Å². The molecule has 69 valence electrons. The number of carbonyl (C=O) groups is 1. The van der Waals surface area contributed by atoms with Crippen LogP contribution < -0.4 is 5.73 Å². The van der Waals surface area contributed by atoms with E-state index >= 15 is 0 Å². The maximum Gasteiger partial charge on any atom is 0.155 e. The second-order valence-corrected chi connectivity index (χ2v) is 2.78. The van der Waals surface area contributed by atoms with Gasteiger partial charge < -0.3 is 10.8 Å². The molecule has 0 aliphatic rings. The van der Waals surface area contributed by atoms with Crippen molar-refractivity contribution in [1.82, 2.24) is 0 Å². The van der Waals surface area contributed by atoms with Crippen molar-refractivity contribution in [2.24, 2.45) is 5.73 Å². The third-order valence-electron chi connectivity index (χ3n) is 1.77. The molecule has 0 unspecified atom stereocenters. The summed E-state index contributed by atoms with van der Waals surface area (Å²) in [6.07, 6.45) is 0.322. The van der Waals surface area contributed by atoms with E-state index in [9.17, 15) is 4.79 Å². The molecule has 13 heavy (non-hydrogen) atoms. The van der Waals surface area contributed by atoms with Crippen LogP contribution in [0.1, 0.15) is 11.1 Å². The topological polar surface area (TPSA) is 63.3 Å². The van der Waals surface area contributed by atoms with Gasteiger partial charge in [0, 0.05) is 6.42 Å². The fourth-order valence-corrected chi connectivity index (χ4v) is 1.02. The number of carbonyl (C=O) groups excluding carboxylic acids is 1. The van der Waals surface area contributed by atoms with Crippen LogP contribution in [0.2, 0.25) is 0 Å². The van der Waals surface area contributed by atoms with E-state index in [0.29, 0.717) is 6.42 Å². The summed E-state index contributed by atoms with van der Waals surface area (Å²) in [4.78, 5) is 10.9. The van der Waals surface area contributed by atoms with Gasteiger partial charge in [-0.25, -0.2) is 0 Å². The molecule has 0 saturated heterocycles. The quantitative estimate of drug-likeness (QED) is 0.702. The van der Waals surface area contributed by atoms with Gasteiger partial charge in [0.2, 0.25) is 0 Å². The number of nitrogens with two attached hydrogens (primary N) is 1. The van der Waals surface area contributed by atoms with Crippen LogP contribution in [0.5, 0.6) is 0 Å². The second-order valence-electron chi connectivity index (χ2n) is 2.78. The smallest absolute Gasteiger partial charge is 0.155 e. The Balaban J connectivity index is 2.64. The highest BCUT2D eigenvalue weighted by Crippen LogP contribution is 2.05. The number of rotatable bonds is 4. The van der Waals surface area contributed by atoms with Crippen molar-refractivity contribution in [1.29, 1.82) is 0 Å². The van der Waals surface area contributed by atoms with Crippen LogP contribution in [-0.4, -0.2) is 10.9 Å². The van der Waals surface area contributed by atoms with Crippen molar-refractivity contribution < 1.29 is 9.90 Å². The summed E-state index contributed by atoms with van der Waals surface area (Å²) in [5.41, 5.74) is 6.81. The molecule has 1 radical (unpaired) electrons. The number of hydrogen-bond donors (Lipinski definition) is 2. The number of Topliss-reactive ketones (excluding diaryl/α,β-unsaturated/α-hetero) is 1. The molecule has 1 aromatic rings. The van der Waals surface area contributed by atoms with Crippen LogP contribution in [0.4, 0.5) is 0 Å². The van der Waals surface area contributed by atoms with Crippen LogP contribution in [0, 0.1) is 6.54 Å². The summed E-state index contributed by atoms with van der Waals surface area (Å²) in [6.45, 7) is 1.09. The van der Waals surface area contributed by atoms with Gasteiger partial charge in [-0.15, -0.1) is 0 Å². The highest BCUT2D eigenvalue weighted by molar-refractivity contribution is 5.87. The fourth-order valence-electron chi connectivity index (χ4n) is 1.02. The van der Waals surface area contributed by atoms with Gasteiger partial charge in [-0.3, -0.25) is 4.79 Å². The average molecular weight is 178 g/mol. The first-order valence-corrected chi connectivity index (χ1v) is 4.02. The van der Waals surface area contributed by atoms with Gasteiger partial charge in [-0.1, -0.05) is 24.3 Å². The molecule has 1 rings (SSSR count). The summed E-state index contributed by atoms with van der Waals surface area (Å²) in [5, 5.41) is 8.76. The van der Waals surface area contributed by atoms with Gasteiger partial charge >= 0.3 is 0 Å². The molecule has 0 spiro atoms. The lowest BCUT2D eigenvalue weighted by Gasteiger charge is -2.00. The highest BCUT2D eigenvalue weighted by atomic mass is 16.3. The Morgan fingerprint density at radius 3 is 2.31 bits per heavy atom. The lowest BCUT2D eigenvalue weighted by Crippen LogP contribution is -2.09. The molecule has 1 aromatic carbocycles. The highest BCUT2D eigenvalue weighted by Gasteiger charge is 2.00. The molecule has 3 nitrogen and oxygen atoms in total. The Kier molecular flexibility index (Phi) is 3.61. The van der Waals surface area contributed by atoms with Crippen molar-refractivity contribution in [2.75, 3.05) is 0 Å². The molecule has 0 amide bonds. The Hall–Kier alpha value is -1.19. The first-order valence-electron chi connectivity index (χ1n) is 4.02. The Morgan fingerprint density at radius 1 is 1.31 bits per heavy atom. The average Bonchev–Trinajstić information content (AvgIpc) is 2.19. The third-order valence-corrected chi connectivity index (χ3v) is 1.77. The number of ketones is 1. The maximum atomic E-state index is 10.9. The normalized spacial score (nSPS) is 10.0. The Labute approximate surface area is 77.2 Å². The first kappa shape index (κ1) is 9.89. The largest absolute Gasteiger partial charge is 0.392 e. The molecule has 0 aromatic heterocycles. The lowest BCUT2D eigenvalue weighted by molar-refractivity contribution is -0.115. The predicted octanol–water partition coefficient (Wildman–Crippen LogP) is 0.411. The van der Waals surface area contributed by atoms with Crippen molar-refractivity contribution in [3.63, 3.8) is 0 Å². The molecule has 3 heteroatoms. The molecular weight excluding hydrogens is 166 g/mol. The van der Waals surface area contributed by atoms with E-state index < -0.39 is 0 Å². The number of benzene rings is 1. The maximum absolute atomic E-state index is 10.9. The van der Waals surface area contributed by atoms with E-state index in [4.69, 9.17) is 10.8 Å². The van der Waals surface area contributed by atoms with Crippen molar-refractivity contribution in [3.05, 3.63) is 41.9 Å². The lowest BCUT2D eigenvalue weighted by atomic mass is 10.1. The number of aliphatic hydroxyl groups is 1. The number of aliphatic hydroxyl groups excluding tert-OH is 1. The number of hydrogen-bond acceptors (Lipinski definition) is 3. The molecule has 0 aliphatic heterocycles. The van der Waals surface area contributed by atoms with Crippen LogP contribution in [0.3, 0.4) is 0 Å². The molecular formula is C10H12NO2. The summed E-state index contributed by atoms with van der Waals surface area (Å²) in [6, 6.07) is 7.21. The van der Waals surface area contributed by atoms with Crippen LogP contribution in [-0.2, 0) is 17.8 Å². The summed E-state index contributed by atoms with van der Waals surface area (Å²) in [7, 11) is 0. The van der Waals surface area contributed by atoms with E-state index in [1.54, 1.807) is 12.1 Å². The van der Waals surface area contributed by atoms with Gasteiger partial charge in [-0.2, -0.15) is 0 Å². The minimum atomic E-state index is -0.100. The monoisotopic (exact) mass is 178 g/mol. The standard InChI is InChI=1S/C10H12NO2/c11-6-10(13)5-8-1-3-9(7-12)4-2-8/h1-4,6,12H,5,7,11H2. The Morgan fingerprint density at radius 2 is 1.85 bits per heavy atom. The molecule has 0 atom stereocenters. The van der Waals surface area contributed by atoms with Crippen LogP contribution in [0.15, 0.2) is 24.3 Å². The summed E-state index contributed by atoms with van der Waals surface area (Å²) < 4.78 is 0. The van der Waals surface area contributed by atoms with E-state index in [1.165, 1.54) is 0 Å². The van der Waals surface area contributed by atoms with Crippen molar-refractivity contribution >= 4 is 5.78 Å². The molecule has 0 fully saturated rings. The van der Waals surface area contributed by atoms with Gasteiger partial charge in [0.15, 0.2) is 5.78 Å². The van der Waals surface area contributed by atoms with E-state index in [0.717, 1.165) is 17.7 Å². The fraction of sp³-hybridized carbons (Fsp3) is 0.200. The molecule has 0 aliphatic carbocycles. The Bertz CT molecular complexity index is 279. The summed E-state index contributed by atoms with van der Waals surface area (Å²) in [5.74, 6) is -0.100.